The highest BCUT2D eigenvalue weighted by Gasteiger charge is 2.28. The van der Waals surface area contributed by atoms with E-state index in [2.05, 4.69) is 5.10 Å². The number of aromatic carboxylic acids is 1. The number of aromatic nitrogens is 2. The first-order valence-electron chi connectivity index (χ1n) is 6.98. The first kappa shape index (κ1) is 14.4. The van der Waals surface area contributed by atoms with Crippen molar-refractivity contribution in [2.24, 2.45) is 0 Å². The monoisotopic (exact) mass is 342 g/mol. The van der Waals surface area contributed by atoms with Crippen LogP contribution in [0.4, 0.5) is 0 Å². The van der Waals surface area contributed by atoms with E-state index in [1.165, 1.54) is 0 Å². The highest BCUT2D eigenvalue weighted by molar-refractivity contribution is 7.98. The minimum Gasteiger partial charge on any atom is -0.476 e. The van der Waals surface area contributed by atoms with Gasteiger partial charge < -0.3 is 5.11 Å². The van der Waals surface area contributed by atoms with Crippen molar-refractivity contribution in [1.29, 1.82) is 0 Å². The Labute approximate surface area is 141 Å². The van der Waals surface area contributed by atoms with Gasteiger partial charge >= 0.3 is 5.97 Å². The Morgan fingerprint density at radius 1 is 1.22 bits per heavy atom. The molecule has 23 heavy (non-hydrogen) atoms. The molecule has 0 aliphatic carbocycles. The standard InChI is InChI=1S/C17H11ClN2O2S/c18-10-4-3-5-11(8-10)20-16-12-6-1-2-7-14(12)23-9-13(16)15(19-20)17(21)22/h1-8H,9H2,(H,21,22). The van der Waals surface area contributed by atoms with E-state index in [-0.39, 0.29) is 5.69 Å². The van der Waals surface area contributed by atoms with Crippen LogP contribution in [0.2, 0.25) is 5.02 Å². The van der Waals surface area contributed by atoms with Crippen LogP contribution in [0.1, 0.15) is 16.1 Å². The van der Waals surface area contributed by atoms with Crippen LogP contribution in [0, 0.1) is 0 Å². The minimum atomic E-state index is -1.01. The Morgan fingerprint density at radius 2 is 2.04 bits per heavy atom. The van der Waals surface area contributed by atoms with Gasteiger partial charge in [-0.15, -0.1) is 11.8 Å². The molecule has 4 nitrogen and oxygen atoms in total. The molecule has 0 atom stereocenters. The van der Waals surface area contributed by atoms with Gasteiger partial charge in [0.05, 0.1) is 11.4 Å². The van der Waals surface area contributed by atoms with E-state index in [9.17, 15) is 9.90 Å². The normalized spacial score (nSPS) is 12.6. The van der Waals surface area contributed by atoms with Gasteiger partial charge in [0, 0.05) is 26.8 Å². The van der Waals surface area contributed by atoms with E-state index in [0.717, 1.165) is 27.4 Å². The molecule has 2 heterocycles. The van der Waals surface area contributed by atoms with E-state index in [0.29, 0.717) is 10.8 Å². The Kier molecular flexibility index (Phi) is 3.39. The molecule has 0 saturated heterocycles. The summed E-state index contributed by atoms with van der Waals surface area (Å²) >= 11 is 7.72. The number of hydrogen-bond acceptors (Lipinski definition) is 3. The third-order valence-corrected chi connectivity index (χ3v) is 5.09. The van der Waals surface area contributed by atoms with Crippen LogP contribution in [0.5, 0.6) is 0 Å². The van der Waals surface area contributed by atoms with E-state index in [1.807, 2.05) is 36.4 Å². The average Bonchev–Trinajstić information content (AvgIpc) is 2.95. The summed E-state index contributed by atoms with van der Waals surface area (Å²) in [6.07, 6.45) is 0. The molecule has 1 aromatic heterocycles. The molecule has 0 unspecified atom stereocenters. The van der Waals surface area contributed by atoms with E-state index >= 15 is 0 Å². The zero-order valence-corrected chi connectivity index (χ0v) is 13.4. The van der Waals surface area contributed by atoms with E-state index in [4.69, 9.17) is 11.6 Å². The topological polar surface area (TPSA) is 55.1 Å². The lowest BCUT2D eigenvalue weighted by Gasteiger charge is -2.18. The molecule has 1 N–H and O–H groups in total. The Balaban J connectivity index is 2.04. The number of rotatable bonds is 2. The van der Waals surface area contributed by atoms with Crippen molar-refractivity contribution in [2.75, 3.05) is 0 Å². The number of nitrogens with zero attached hydrogens (tertiary/aromatic N) is 2. The Bertz CT molecular complexity index is 936. The van der Waals surface area contributed by atoms with Crippen molar-refractivity contribution in [3.63, 3.8) is 0 Å². The number of hydrogen-bond donors (Lipinski definition) is 1. The molecular weight excluding hydrogens is 332 g/mol. The van der Waals surface area contributed by atoms with Crippen LogP contribution in [-0.4, -0.2) is 20.9 Å². The van der Waals surface area contributed by atoms with Crippen molar-refractivity contribution in [3.8, 4) is 16.9 Å². The maximum Gasteiger partial charge on any atom is 0.356 e. The SMILES string of the molecule is O=C(O)c1nn(-c2cccc(Cl)c2)c2c1CSc1ccccc1-2. The van der Waals surface area contributed by atoms with Gasteiger partial charge in [0.2, 0.25) is 0 Å². The van der Waals surface area contributed by atoms with E-state index in [1.54, 1.807) is 28.6 Å². The Hall–Kier alpha value is -2.24. The molecular formula is C17H11ClN2O2S. The molecule has 0 saturated carbocycles. The summed E-state index contributed by atoms with van der Waals surface area (Å²) in [6.45, 7) is 0. The van der Waals surface area contributed by atoms with Crippen molar-refractivity contribution >= 4 is 29.3 Å². The van der Waals surface area contributed by atoms with Crippen LogP contribution in [-0.2, 0) is 5.75 Å². The molecule has 0 fully saturated rings. The summed E-state index contributed by atoms with van der Waals surface area (Å²) in [5.74, 6) is -0.420. The zero-order valence-electron chi connectivity index (χ0n) is 11.9. The van der Waals surface area contributed by atoms with Crippen LogP contribution < -0.4 is 0 Å². The molecule has 1 aliphatic heterocycles. The van der Waals surface area contributed by atoms with E-state index < -0.39 is 5.97 Å². The lowest BCUT2D eigenvalue weighted by Crippen LogP contribution is -2.03. The number of carboxylic acid groups (broad SMARTS) is 1. The van der Waals surface area contributed by atoms with Gasteiger partial charge in [0.1, 0.15) is 0 Å². The second-order valence-electron chi connectivity index (χ2n) is 5.16. The van der Waals surface area contributed by atoms with Gasteiger partial charge in [-0.25, -0.2) is 9.48 Å². The highest BCUT2D eigenvalue weighted by Crippen LogP contribution is 2.43. The first-order valence-corrected chi connectivity index (χ1v) is 8.35. The number of fused-ring (bicyclic) bond motifs is 3. The summed E-state index contributed by atoms with van der Waals surface area (Å²) in [6, 6.07) is 15.2. The maximum absolute atomic E-state index is 11.6. The second-order valence-corrected chi connectivity index (χ2v) is 6.61. The summed E-state index contributed by atoms with van der Waals surface area (Å²) in [5, 5.41) is 14.4. The lowest BCUT2D eigenvalue weighted by atomic mass is 10.1. The van der Waals surface area contributed by atoms with Crippen molar-refractivity contribution in [3.05, 3.63) is 64.8 Å². The van der Waals surface area contributed by atoms with Crippen molar-refractivity contribution in [2.45, 2.75) is 10.6 Å². The smallest absolute Gasteiger partial charge is 0.356 e. The van der Waals surface area contributed by atoms with Crippen LogP contribution in [0.15, 0.2) is 53.4 Å². The van der Waals surface area contributed by atoms with Crippen molar-refractivity contribution < 1.29 is 9.90 Å². The maximum atomic E-state index is 11.6. The van der Waals surface area contributed by atoms with Crippen LogP contribution in [0.25, 0.3) is 16.9 Å². The van der Waals surface area contributed by atoms with Gasteiger partial charge in [-0.2, -0.15) is 5.10 Å². The second kappa shape index (κ2) is 5.44. The molecule has 114 valence electrons. The molecule has 0 spiro atoms. The number of halogens is 1. The quantitative estimate of drug-likeness (QED) is 0.745. The summed E-state index contributed by atoms with van der Waals surface area (Å²) < 4.78 is 1.68. The number of thioether (sulfide) groups is 1. The van der Waals surface area contributed by atoms with Crippen LogP contribution >= 0.6 is 23.4 Å². The third-order valence-electron chi connectivity index (χ3n) is 3.75. The zero-order chi connectivity index (χ0) is 16.0. The van der Waals surface area contributed by atoms with Crippen molar-refractivity contribution in [1.82, 2.24) is 9.78 Å². The average molecular weight is 343 g/mol. The predicted molar refractivity (Wildman–Crippen MR) is 90.5 cm³/mol. The van der Waals surface area contributed by atoms with Gasteiger partial charge in [-0.1, -0.05) is 35.9 Å². The molecule has 3 aromatic rings. The summed E-state index contributed by atoms with van der Waals surface area (Å²) in [5.41, 5.74) is 3.43. The van der Waals surface area contributed by atoms with Gasteiger partial charge in [0.15, 0.2) is 5.69 Å². The van der Waals surface area contributed by atoms with Gasteiger partial charge in [0.25, 0.3) is 0 Å². The largest absolute Gasteiger partial charge is 0.476 e. The minimum absolute atomic E-state index is 0.0991. The number of carbonyl (C=O) groups is 1. The summed E-state index contributed by atoms with van der Waals surface area (Å²) in [4.78, 5) is 12.7. The molecule has 2 aromatic carbocycles. The molecule has 0 radical (unpaired) electrons. The van der Waals surface area contributed by atoms with Gasteiger partial charge in [-0.3, -0.25) is 0 Å². The third kappa shape index (κ3) is 2.33. The fourth-order valence-electron chi connectivity index (χ4n) is 2.77. The number of benzene rings is 2. The Morgan fingerprint density at radius 3 is 2.83 bits per heavy atom. The molecule has 0 bridgehead atoms. The molecule has 4 rings (SSSR count). The lowest BCUT2D eigenvalue weighted by molar-refractivity contribution is 0.0689. The fourth-order valence-corrected chi connectivity index (χ4v) is 4.02. The van der Waals surface area contributed by atoms with Gasteiger partial charge in [-0.05, 0) is 24.3 Å². The highest BCUT2D eigenvalue weighted by atomic mass is 35.5. The predicted octanol–water partition coefficient (Wildman–Crippen LogP) is 4.50. The van der Waals surface area contributed by atoms with Crippen LogP contribution in [0.3, 0.4) is 0 Å². The molecule has 6 heteroatoms. The fraction of sp³-hybridized carbons (Fsp3) is 0.0588. The number of carboxylic acids is 1. The summed E-state index contributed by atoms with van der Waals surface area (Å²) in [7, 11) is 0. The molecule has 0 amide bonds. The first-order chi connectivity index (χ1) is 11.1. The molecule has 1 aliphatic rings.